The molecule has 2 aromatic rings. The van der Waals surface area contributed by atoms with Crippen molar-refractivity contribution in [3.8, 4) is 0 Å². The van der Waals surface area contributed by atoms with E-state index in [1.165, 1.54) is 0 Å². The van der Waals surface area contributed by atoms with Gasteiger partial charge in [-0.3, -0.25) is 9.59 Å². The van der Waals surface area contributed by atoms with E-state index in [-0.39, 0.29) is 24.2 Å². The third-order valence-electron chi connectivity index (χ3n) is 5.35. The number of nitrogens with zero attached hydrogens (tertiary/aromatic N) is 2. The van der Waals surface area contributed by atoms with Crippen molar-refractivity contribution >= 4 is 23.3 Å². The molecule has 0 aliphatic heterocycles. The second kappa shape index (κ2) is 9.54. The predicted molar refractivity (Wildman–Crippen MR) is 120 cm³/mol. The smallest absolute Gasteiger partial charge is 0.307 e. The topological polar surface area (TPSA) is 95.7 Å². The molecule has 1 fully saturated rings. The van der Waals surface area contributed by atoms with Crippen LogP contribution in [0.25, 0.3) is 0 Å². The molecule has 168 valence electrons. The molecule has 1 aromatic carbocycles. The van der Waals surface area contributed by atoms with Crippen molar-refractivity contribution in [2.45, 2.75) is 53.4 Å². The standard InChI is InChI=1S/C24H33N3O4/c1-14(2)12-27(13-15(3)4)22-7-6-17(19-11-20(19)24(29)30)9-21(22)25-23(28)10-18-8-16(5)26-31-18/h6-9,14-15,19-20H,10-13H2,1-5H3,(H,25,28)(H,29,30)/t19-,20-/m1/s1. The summed E-state index contributed by atoms with van der Waals surface area (Å²) in [6.45, 7) is 12.2. The molecule has 1 aliphatic rings. The predicted octanol–water partition coefficient (Wildman–Crippen LogP) is 4.47. The molecule has 2 atom stereocenters. The number of amides is 1. The highest BCUT2D eigenvalue weighted by molar-refractivity contribution is 5.95. The Morgan fingerprint density at radius 3 is 2.39 bits per heavy atom. The van der Waals surface area contributed by atoms with Gasteiger partial charge in [0.2, 0.25) is 5.91 Å². The molecule has 1 heterocycles. The maximum atomic E-state index is 12.8. The monoisotopic (exact) mass is 427 g/mol. The van der Waals surface area contributed by atoms with Crippen LogP contribution < -0.4 is 10.2 Å². The van der Waals surface area contributed by atoms with Crippen molar-refractivity contribution < 1.29 is 19.2 Å². The third kappa shape index (κ3) is 6.09. The Morgan fingerprint density at radius 2 is 1.87 bits per heavy atom. The Bertz CT molecular complexity index is 925. The SMILES string of the molecule is Cc1cc(CC(=O)Nc2cc([C@H]3C[C@H]3C(=O)O)ccc2N(CC(C)C)CC(C)C)on1. The van der Waals surface area contributed by atoms with Crippen molar-refractivity contribution in [2.24, 2.45) is 17.8 Å². The number of carboxylic acids is 1. The zero-order chi connectivity index (χ0) is 22.7. The van der Waals surface area contributed by atoms with Gasteiger partial charge in [-0.15, -0.1) is 0 Å². The number of benzene rings is 1. The minimum absolute atomic E-state index is 0.00257. The van der Waals surface area contributed by atoms with Crippen LogP contribution in [-0.4, -0.2) is 35.2 Å². The number of nitrogens with one attached hydrogen (secondary N) is 1. The van der Waals surface area contributed by atoms with Crippen LogP contribution in [0.15, 0.2) is 28.8 Å². The van der Waals surface area contributed by atoms with Crippen LogP contribution in [0, 0.1) is 24.7 Å². The Hall–Kier alpha value is -2.83. The van der Waals surface area contributed by atoms with Crippen LogP contribution in [0.1, 0.15) is 57.1 Å². The summed E-state index contributed by atoms with van der Waals surface area (Å²) in [6.07, 6.45) is 0.737. The first-order chi connectivity index (χ1) is 14.6. The van der Waals surface area contributed by atoms with Gasteiger partial charge in [0.05, 0.1) is 29.4 Å². The number of carbonyl (C=O) groups excluding carboxylic acids is 1. The summed E-state index contributed by atoms with van der Waals surface area (Å²) in [7, 11) is 0. The molecule has 7 heteroatoms. The van der Waals surface area contributed by atoms with Crippen LogP contribution >= 0.6 is 0 Å². The van der Waals surface area contributed by atoms with E-state index in [1.54, 1.807) is 6.07 Å². The molecule has 7 nitrogen and oxygen atoms in total. The number of aryl methyl sites for hydroxylation is 1. The molecule has 0 bridgehead atoms. The van der Waals surface area contributed by atoms with Gasteiger partial charge in [0.15, 0.2) is 0 Å². The van der Waals surface area contributed by atoms with Crippen LogP contribution in [0.5, 0.6) is 0 Å². The molecule has 0 spiro atoms. The van der Waals surface area contributed by atoms with E-state index in [4.69, 9.17) is 4.52 Å². The maximum absolute atomic E-state index is 12.8. The Labute approximate surface area is 183 Å². The molecule has 1 aliphatic carbocycles. The molecule has 0 unspecified atom stereocenters. The molecule has 3 rings (SSSR count). The molecule has 0 radical (unpaired) electrons. The first kappa shape index (κ1) is 22.8. The number of aliphatic carboxylic acids is 1. The highest BCUT2D eigenvalue weighted by Gasteiger charge is 2.44. The second-order valence-electron chi connectivity index (χ2n) is 9.42. The lowest BCUT2D eigenvalue weighted by molar-refractivity contribution is -0.138. The first-order valence-electron chi connectivity index (χ1n) is 11.0. The van der Waals surface area contributed by atoms with E-state index >= 15 is 0 Å². The largest absolute Gasteiger partial charge is 0.481 e. The zero-order valence-corrected chi connectivity index (χ0v) is 19.0. The molecule has 2 N–H and O–H groups in total. The van der Waals surface area contributed by atoms with Crippen molar-refractivity contribution in [3.05, 3.63) is 41.3 Å². The van der Waals surface area contributed by atoms with Crippen molar-refractivity contribution in [1.82, 2.24) is 5.16 Å². The van der Waals surface area contributed by atoms with E-state index in [2.05, 4.69) is 43.1 Å². The average molecular weight is 428 g/mol. The fourth-order valence-corrected chi connectivity index (χ4v) is 4.00. The fraction of sp³-hybridized carbons (Fsp3) is 0.542. The summed E-state index contributed by atoms with van der Waals surface area (Å²) >= 11 is 0. The summed E-state index contributed by atoms with van der Waals surface area (Å²) in [6, 6.07) is 7.72. The van der Waals surface area contributed by atoms with Gasteiger partial charge >= 0.3 is 5.97 Å². The number of hydrogen-bond acceptors (Lipinski definition) is 5. The Balaban J connectivity index is 1.89. The quantitative estimate of drug-likeness (QED) is 0.581. The highest BCUT2D eigenvalue weighted by Crippen LogP contribution is 2.49. The van der Waals surface area contributed by atoms with Gasteiger partial charge in [-0.1, -0.05) is 38.9 Å². The number of carbonyl (C=O) groups is 2. The van der Waals surface area contributed by atoms with E-state index in [9.17, 15) is 14.7 Å². The molecule has 1 aromatic heterocycles. The summed E-state index contributed by atoms with van der Waals surface area (Å²) in [4.78, 5) is 26.4. The minimum atomic E-state index is -0.762. The molecular weight excluding hydrogens is 394 g/mol. The number of anilines is 2. The third-order valence-corrected chi connectivity index (χ3v) is 5.35. The van der Waals surface area contributed by atoms with Crippen LogP contribution in [-0.2, 0) is 16.0 Å². The molecule has 1 saturated carbocycles. The van der Waals surface area contributed by atoms with Crippen LogP contribution in [0.2, 0.25) is 0 Å². The molecule has 1 amide bonds. The van der Waals surface area contributed by atoms with Gasteiger partial charge < -0.3 is 19.8 Å². The van der Waals surface area contributed by atoms with Gasteiger partial charge in [-0.2, -0.15) is 0 Å². The van der Waals surface area contributed by atoms with Gasteiger partial charge in [0.25, 0.3) is 0 Å². The Kier molecular flexibility index (Phi) is 7.03. The Morgan fingerprint density at radius 1 is 1.19 bits per heavy atom. The minimum Gasteiger partial charge on any atom is -0.481 e. The lowest BCUT2D eigenvalue weighted by Crippen LogP contribution is -2.32. The van der Waals surface area contributed by atoms with Gasteiger partial charge in [-0.25, -0.2) is 0 Å². The van der Waals surface area contributed by atoms with Gasteiger partial charge in [0, 0.05) is 19.2 Å². The summed E-state index contributed by atoms with van der Waals surface area (Å²) in [5.41, 5.74) is 3.37. The van der Waals surface area contributed by atoms with Gasteiger partial charge in [0.1, 0.15) is 5.76 Å². The lowest BCUT2D eigenvalue weighted by atomic mass is 10.0. The van der Waals surface area contributed by atoms with Gasteiger partial charge in [-0.05, 0) is 48.8 Å². The number of aromatic nitrogens is 1. The zero-order valence-electron chi connectivity index (χ0n) is 19.0. The first-order valence-corrected chi connectivity index (χ1v) is 11.0. The summed E-state index contributed by atoms with van der Waals surface area (Å²) < 4.78 is 5.18. The maximum Gasteiger partial charge on any atom is 0.307 e. The number of rotatable bonds is 10. The van der Waals surface area contributed by atoms with Crippen molar-refractivity contribution in [3.63, 3.8) is 0 Å². The van der Waals surface area contributed by atoms with E-state index in [1.807, 2.05) is 25.1 Å². The summed E-state index contributed by atoms with van der Waals surface area (Å²) in [5, 5.41) is 16.2. The molecule has 0 saturated heterocycles. The van der Waals surface area contributed by atoms with E-state index in [0.717, 1.165) is 35.7 Å². The lowest BCUT2D eigenvalue weighted by Gasteiger charge is -2.30. The normalized spacial score (nSPS) is 17.8. The van der Waals surface area contributed by atoms with Crippen LogP contribution in [0.3, 0.4) is 0 Å². The molecule has 31 heavy (non-hydrogen) atoms. The fourth-order valence-electron chi connectivity index (χ4n) is 4.00. The van der Waals surface area contributed by atoms with E-state index < -0.39 is 5.97 Å². The molecular formula is C24H33N3O4. The average Bonchev–Trinajstić information content (AvgIpc) is 3.37. The van der Waals surface area contributed by atoms with Crippen molar-refractivity contribution in [2.75, 3.05) is 23.3 Å². The van der Waals surface area contributed by atoms with E-state index in [0.29, 0.717) is 24.0 Å². The highest BCUT2D eigenvalue weighted by atomic mass is 16.5. The second-order valence-corrected chi connectivity index (χ2v) is 9.42. The number of carboxylic acid groups (broad SMARTS) is 1. The van der Waals surface area contributed by atoms with Crippen molar-refractivity contribution in [1.29, 1.82) is 0 Å². The van der Waals surface area contributed by atoms with Crippen LogP contribution in [0.4, 0.5) is 11.4 Å². The summed E-state index contributed by atoms with van der Waals surface area (Å²) in [5.74, 6) is 0.146. The number of hydrogen-bond donors (Lipinski definition) is 2.